The van der Waals surface area contributed by atoms with Crippen LogP contribution in [0.25, 0.3) is 0 Å². The van der Waals surface area contributed by atoms with Crippen LogP contribution in [0.4, 0.5) is 0 Å². The number of amides is 1. The molecule has 3 rings (SSSR count). The van der Waals surface area contributed by atoms with Crippen molar-refractivity contribution in [2.75, 3.05) is 13.7 Å². The maximum Gasteiger partial charge on any atom is 0.261 e. The van der Waals surface area contributed by atoms with Crippen LogP contribution < -0.4 is 19.5 Å². The van der Waals surface area contributed by atoms with Crippen molar-refractivity contribution in [2.45, 2.75) is 51.7 Å². The second-order valence-electron chi connectivity index (χ2n) is 7.27. The highest BCUT2D eigenvalue weighted by atomic mass is 16.5. The molecule has 0 unspecified atom stereocenters. The van der Waals surface area contributed by atoms with E-state index < -0.39 is 6.10 Å². The molecule has 0 saturated heterocycles. The summed E-state index contributed by atoms with van der Waals surface area (Å²) in [5.41, 5.74) is 2.74. The van der Waals surface area contributed by atoms with Crippen LogP contribution in [-0.4, -0.2) is 31.8 Å². The molecule has 0 saturated carbocycles. The van der Waals surface area contributed by atoms with Gasteiger partial charge < -0.3 is 19.5 Å². The summed E-state index contributed by atoms with van der Waals surface area (Å²) in [6.45, 7) is 4.01. The van der Waals surface area contributed by atoms with Crippen molar-refractivity contribution in [1.82, 2.24) is 5.32 Å². The Morgan fingerprint density at radius 1 is 1.04 bits per heavy atom. The normalized spacial score (nSPS) is 15.1. The van der Waals surface area contributed by atoms with E-state index in [0.29, 0.717) is 18.1 Å². The lowest BCUT2D eigenvalue weighted by molar-refractivity contribution is -0.128. The molecule has 0 spiro atoms. The van der Waals surface area contributed by atoms with Crippen LogP contribution in [0.1, 0.15) is 37.8 Å². The third-order valence-corrected chi connectivity index (χ3v) is 4.95. The molecule has 1 aliphatic rings. The molecule has 1 amide bonds. The summed E-state index contributed by atoms with van der Waals surface area (Å²) in [6.07, 6.45) is 4.12. The van der Waals surface area contributed by atoms with Gasteiger partial charge in [0, 0.05) is 0 Å². The molecule has 2 aromatic rings. The Labute approximate surface area is 167 Å². The molecule has 5 heteroatoms. The van der Waals surface area contributed by atoms with Gasteiger partial charge in [-0.05, 0) is 74.9 Å². The van der Waals surface area contributed by atoms with Crippen LogP contribution in [0.15, 0.2) is 42.5 Å². The van der Waals surface area contributed by atoms with E-state index in [1.54, 1.807) is 14.0 Å². The molecule has 0 fully saturated rings. The summed E-state index contributed by atoms with van der Waals surface area (Å²) in [4.78, 5) is 12.5. The summed E-state index contributed by atoms with van der Waals surface area (Å²) in [7, 11) is 1.60. The molecule has 1 aliphatic carbocycles. The molecule has 0 bridgehead atoms. The van der Waals surface area contributed by atoms with Gasteiger partial charge in [-0.2, -0.15) is 0 Å². The first-order chi connectivity index (χ1) is 13.6. The van der Waals surface area contributed by atoms with E-state index in [0.717, 1.165) is 18.6 Å². The number of rotatable bonds is 8. The van der Waals surface area contributed by atoms with Crippen LogP contribution in [0, 0.1) is 0 Å². The van der Waals surface area contributed by atoms with E-state index in [1.807, 2.05) is 37.3 Å². The van der Waals surface area contributed by atoms with E-state index in [9.17, 15) is 4.79 Å². The molecule has 2 aromatic carbocycles. The molecule has 0 aromatic heterocycles. The second-order valence-corrected chi connectivity index (χ2v) is 7.27. The van der Waals surface area contributed by atoms with E-state index in [4.69, 9.17) is 14.2 Å². The van der Waals surface area contributed by atoms with E-state index in [1.165, 1.54) is 24.0 Å². The largest absolute Gasteiger partial charge is 0.493 e. The van der Waals surface area contributed by atoms with E-state index in [2.05, 4.69) is 17.4 Å². The molecule has 0 radical (unpaired) electrons. The van der Waals surface area contributed by atoms with Crippen molar-refractivity contribution in [1.29, 1.82) is 0 Å². The Morgan fingerprint density at radius 2 is 1.75 bits per heavy atom. The highest BCUT2D eigenvalue weighted by molar-refractivity contribution is 5.81. The second kappa shape index (κ2) is 9.49. The molecule has 0 aliphatic heterocycles. The third-order valence-electron chi connectivity index (χ3n) is 4.95. The standard InChI is InChI=1S/C23H29NO4/c1-16(15-27-22-11-7-6-10-21(22)26-3)24-23(25)17(2)28-20-13-12-18-8-4-5-9-19(18)14-20/h6-7,10-14,16-17H,4-5,8-9,15H2,1-3H3,(H,24,25)/t16-,17-/m1/s1. The van der Waals surface area contributed by atoms with Crippen molar-refractivity contribution in [2.24, 2.45) is 0 Å². The summed E-state index contributed by atoms with van der Waals surface area (Å²) in [5, 5.41) is 2.94. The lowest BCUT2D eigenvalue weighted by Gasteiger charge is -2.21. The quantitative estimate of drug-likeness (QED) is 0.751. The Balaban J connectivity index is 1.49. The Hall–Kier alpha value is -2.69. The topological polar surface area (TPSA) is 56.8 Å². The highest BCUT2D eigenvalue weighted by Gasteiger charge is 2.18. The minimum Gasteiger partial charge on any atom is -0.493 e. The lowest BCUT2D eigenvalue weighted by Crippen LogP contribution is -2.43. The number of carbonyl (C=O) groups is 1. The number of hydrogen-bond donors (Lipinski definition) is 1. The number of fused-ring (bicyclic) bond motifs is 1. The first-order valence-electron chi connectivity index (χ1n) is 9.91. The Kier molecular flexibility index (Phi) is 6.80. The average Bonchev–Trinajstić information content (AvgIpc) is 2.72. The zero-order chi connectivity index (χ0) is 19.9. The number of hydrogen-bond acceptors (Lipinski definition) is 4. The van der Waals surface area contributed by atoms with Crippen molar-refractivity contribution >= 4 is 5.91 Å². The molecule has 28 heavy (non-hydrogen) atoms. The predicted octanol–water partition coefficient (Wildman–Crippen LogP) is 3.93. The number of nitrogens with one attached hydrogen (secondary N) is 1. The molecule has 150 valence electrons. The fourth-order valence-electron chi connectivity index (χ4n) is 3.40. The van der Waals surface area contributed by atoms with Gasteiger partial charge in [0.05, 0.1) is 13.2 Å². The summed E-state index contributed by atoms with van der Waals surface area (Å²) < 4.78 is 16.9. The molecular formula is C23H29NO4. The SMILES string of the molecule is COc1ccccc1OC[C@@H](C)NC(=O)[C@@H](C)Oc1ccc2c(c1)CCCC2. The number of carbonyl (C=O) groups excluding carboxylic acids is 1. The monoisotopic (exact) mass is 383 g/mol. The Morgan fingerprint density at radius 3 is 2.50 bits per heavy atom. The van der Waals surface area contributed by atoms with Gasteiger partial charge in [-0.15, -0.1) is 0 Å². The van der Waals surface area contributed by atoms with Crippen molar-refractivity contribution in [3.8, 4) is 17.2 Å². The zero-order valence-corrected chi connectivity index (χ0v) is 16.9. The smallest absolute Gasteiger partial charge is 0.261 e. The maximum absolute atomic E-state index is 12.5. The lowest BCUT2D eigenvalue weighted by atomic mass is 9.92. The fourth-order valence-corrected chi connectivity index (χ4v) is 3.40. The molecular weight excluding hydrogens is 354 g/mol. The summed E-state index contributed by atoms with van der Waals surface area (Å²) in [5.74, 6) is 1.92. The minimum absolute atomic E-state index is 0.158. The third kappa shape index (κ3) is 5.18. The molecule has 1 N–H and O–H groups in total. The van der Waals surface area contributed by atoms with Gasteiger partial charge in [0.1, 0.15) is 12.4 Å². The number of aryl methyl sites for hydroxylation is 2. The molecule has 0 heterocycles. The van der Waals surface area contributed by atoms with Gasteiger partial charge in [-0.25, -0.2) is 0 Å². The predicted molar refractivity (Wildman–Crippen MR) is 109 cm³/mol. The van der Waals surface area contributed by atoms with Crippen LogP contribution in [0.3, 0.4) is 0 Å². The van der Waals surface area contributed by atoms with Crippen LogP contribution in [0.5, 0.6) is 17.2 Å². The summed E-state index contributed by atoms with van der Waals surface area (Å²) in [6, 6.07) is 13.5. The molecule has 5 nitrogen and oxygen atoms in total. The van der Waals surface area contributed by atoms with Crippen LogP contribution in [-0.2, 0) is 17.6 Å². The first-order valence-corrected chi connectivity index (χ1v) is 9.91. The number of ether oxygens (including phenoxy) is 3. The summed E-state index contributed by atoms with van der Waals surface area (Å²) >= 11 is 0. The van der Waals surface area contributed by atoms with Crippen molar-refractivity contribution < 1.29 is 19.0 Å². The average molecular weight is 383 g/mol. The van der Waals surface area contributed by atoms with E-state index >= 15 is 0 Å². The van der Waals surface area contributed by atoms with Gasteiger partial charge >= 0.3 is 0 Å². The Bertz CT molecular complexity index is 805. The zero-order valence-electron chi connectivity index (χ0n) is 16.9. The number of benzene rings is 2. The number of para-hydroxylation sites is 2. The van der Waals surface area contributed by atoms with E-state index in [-0.39, 0.29) is 11.9 Å². The van der Waals surface area contributed by atoms with Gasteiger partial charge in [0.2, 0.25) is 0 Å². The van der Waals surface area contributed by atoms with Crippen LogP contribution >= 0.6 is 0 Å². The fraction of sp³-hybridized carbons (Fsp3) is 0.435. The minimum atomic E-state index is -0.574. The van der Waals surface area contributed by atoms with Gasteiger partial charge in [0.15, 0.2) is 17.6 Å². The van der Waals surface area contributed by atoms with Gasteiger partial charge in [-0.3, -0.25) is 4.79 Å². The van der Waals surface area contributed by atoms with Gasteiger partial charge in [-0.1, -0.05) is 18.2 Å². The highest BCUT2D eigenvalue weighted by Crippen LogP contribution is 2.27. The molecule has 2 atom stereocenters. The maximum atomic E-state index is 12.5. The van der Waals surface area contributed by atoms with Crippen LogP contribution in [0.2, 0.25) is 0 Å². The van der Waals surface area contributed by atoms with Gasteiger partial charge in [0.25, 0.3) is 5.91 Å². The van der Waals surface area contributed by atoms with Crippen molar-refractivity contribution in [3.05, 3.63) is 53.6 Å². The van der Waals surface area contributed by atoms with Crippen molar-refractivity contribution in [3.63, 3.8) is 0 Å². The number of methoxy groups -OCH3 is 1. The first kappa shape index (κ1) is 20.1.